The molecule has 22 heavy (non-hydrogen) atoms. The van der Waals surface area contributed by atoms with Gasteiger partial charge < -0.3 is 5.11 Å². The van der Waals surface area contributed by atoms with Gasteiger partial charge in [0.25, 0.3) is 0 Å². The standard InChI is InChI=1S/C20H30O2/c1-18(13-22)7-3-8-19(2)16(18)6-9-20-10-14(4-5-17(19)20)15(11-20)12-21/h11-12,14,16-17,22H,3-10,13H2,1-2H3/t14?,16-,17+,18+,19-,20-/m1/s1. The summed E-state index contributed by atoms with van der Waals surface area (Å²) in [6.45, 7) is 5.18. The van der Waals surface area contributed by atoms with Crippen molar-refractivity contribution in [2.45, 2.75) is 65.2 Å². The first-order valence-electron chi connectivity index (χ1n) is 9.26. The first-order chi connectivity index (χ1) is 10.5. The summed E-state index contributed by atoms with van der Waals surface area (Å²) in [7, 11) is 0. The first-order valence-corrected chi connectivity index (χ1v) is 9.26. The van der Waals surface area contributed by atoms with Gasteiger partial charge in [0.2, 0.25) is 0 Å². The zero-order valence-corrected chi connectivity index (χ0v) is 14.1. The lowest BCUT2D eigenvalue weighted by atomic mass is 9.41. The number of hydrogen-bond acceptors (Lipinski definition) is 2. The van der Waals surface area contributed by atoms with Crippen LogP contribution in [0.3, 0.4) is 0 Å². The van der Waals surface area contributed by atoms with E-state index in [1.807, 2.05) is 0 Å². The summed E-state index contributed by atoms with van der Waals surface area (Å²) in [4.78, 5) is 11.4. The molecule has 1 N–H and O–H groups in total. The fourth-order valence-electron chi connectivity index (χ4n) is 7.43. The van der Waals surface area contributed by atoms with E-state index in [1.165, 1.54) is 51.4 Å². The van der Waals surface area contributed by atoms with E-state index in [9.17, 15) is 9.90 Å². The number of rotatable bonds is 2. The Bertz CT molecular complexity index is 524. The van der Waals surface area contributed by atoms with Crippen LogP contribution in [0.15, 0.2) is 11.6 Å². The predicted molar refractivity (Wildman–Crippen MR) is 87.3 cm³/mol. The molecular weight excluding hydrogens is 272 g/mol. The molecule has 4 aliphatic rings. The fourth-order valence-corrected chi connectivity index (χ4v) is 7.43. The molecule has 4 aliphatic carbocycles. The Balaban J connectivity index is 1.75. The lowest BCUT2D eigenvalue weighted by molar-refractivity contribution is -0.149. The number of aliphatic hydroxyl groups is 1. The van der Waals surface area contributed by atoms with Crippen LogP contribution in [0.4, 0.5) is 0 Å². The molecule has 122 valence electrons. The van der Waals surface area contributed by atoms with E-state index in [-0.39, 0.29) is 5.41 Å². The zero-order valence-electron chi connectivity index (χ0n) is 14.1. The Morgan fingerprint density at radius 2 is 2.00 bits per heavy atom. The van der Waals surface area contributed by atoms with Crippen LogP contribution in [0.1, 0.15) is 65.2 Å². The van der Waals surface area contributed by atoms with E-state index in [0.717, 1.165) is 17.8 Å². The summed E-state index contributed by atoms with van der Waals surface area (Å²) in [6, 6.07) is 0. The molecule has 0 aromatic heterocycles. The summed E-state index contributed by atoms with van der Waals surface area (Å²) in [5, 5.41) is 10.1. The van der Waals surface area contributed by atoms with Gasteiger partial charge in [0.15, 0.2) is 0 Å². The normalized spacial score (nSPS) is 53.4. The Morgan fingerprint density at radius 3 is 2.73 bits per heavy atom. The number of hydrogen-bond donors (Lipinski definition) is 1. The van der Waals surface area contributed by atoms with Crippen LogP contribution >= 0.6 is 0 Å². The molecule has 0 aliphatic heterocycles. The molecule has 0 aromatic carbocycles. The molecule has 6 atom stereocenters. The number of aliphatic hydroxyl groups excluding tert-OH is 1. The third kappa shape index (κ3) is 1.74. The van der Waals surface area contributed by atoms with Gasteiger partial charge in [-0.15, -0.1) is 0 Å². The minimum Gasteiger partial charge on any atom is -0.396 e. The summed E-state index contributed by atoms with van der Waals surface area (Å²) in [5.41, 5.74) is 1.87. The van der Waals surface area contributed by atoms with Gasteiger partial charge in [0, 0.05) is 6.61 Å². The van der Waals surface area contributed by atoms with Gasteiger partial charge in [0.05, 0.1) is 0 Å². The van der Waals surface area contributed by atoms with Gasteiger partial charge in [-0.25, -0.2) is 0 Å². The first kappa shape index (κ1) is 14.9. The second-order valence-corrected chi connectivity index (χ2v) is 9.29. The Labute approximate surface area is 134 Å². The highest BCUT2D eigenvalue weighted by Gasteiger charge is 2.62. The minimum atomic E-state index is 0.112. The number of aldehydes is 1. The third-order valence-corrected chi connectivity index (χ3v) is 8.34. The molecule has 2 bridgehead atoms. The minimum absolute atomic E-state index is 0.112. The van der Waals surface area contributed by atoms with Crippen molar-refractivity contribution in [2.75, 3.05) is 6.61 Å². The zero-order chi connectivity index (χ0) is 15.6. The molecule has 0 saturated heterocycles. The maximum absolute atomic E-state index is 11.4. The van der Waals surface area contributed by atoms with Gasteiger partial charge >= 0.3 is 0 Å². The average Bonchev–Trinajstić information content (AvgIpc) is 2.77. The average molecular weight is 302 g/mol. The van der Waals surface area contributed by atoms with Crippen LogP contribution in [0.25, 0.3) is 0 Å². The smallest absolute Gasteiger partial charge is 0.146 e. The number of carbonyl (C=O) groups is 1. The van der Waals surface area contributed by atoms with Crippen LogP contribution < -0.4 is 0 Å². The number of allylic oxidation sites excluding steroid dienone is 2. The highest BCUT2D eigenvalue weighted by atomic mass is 16.3. The van der Waals surface area contributed by atoms with E-state index in [0.29, 0.717) is 29.3 Å². The summed E-state index contributed by atoms with van der Waals surface area (Å²) in [5.74, 6) is 1.92. The van der Waals surface area contributed by atoms with Crippen LogP contribution in [-0.2, 0) is 4.79 Å². The van der Waals surface area contributed by atoms with Gasteiger partial charge in [0.1, 0.15) is 6.29 Å². The number of fused-ring (bicyclic) bond motifs is 3. The van der Waals surface area contributed by atoms with Crippen LogP contribution in [-0.4, -0.2) is 18.0 Å². The largest absolute Gasteiger partial charge is 0.396 e. The number of carbonyl (C=O) groups excluding carboxylic acids is 1. The van der Waals surface area contributed by atoms with Crippen molar-refractivity contribution >= 4 is 6.29 Å². The molecular formula is C20H30O2. The predicted octanol–water partition coefficient (Wildman–Crippen LogP) is 4.13. The molecule has 0 amide bonds. The highest BCUT2D eigenvalue weighted by molar-refractivity contribution is 5.75. The molecule has 4 rings (SSSR count). The summed E-state index contributed by atoms with van der Waals surface area (Å²) in [6.07, 6.45) is 13.5. The summed E-state index contributed by atoms with van der Waals surface area (Å²) >= 11 is 0. The van der Waals surface area contributed by atoms with Crippen molar-refractivity contribution in [1.82, 2.24) is 0 Å². The van der Waals surface area contributed by atoms with E-state index in [1.54, 1.807) is 0 Å². The van der Waals surface area contributed by atoms with Crippen molar-refractivity contribution < 1.29 is 9.90 Å². The van der Waals surface area contributed by atoms with Crippen molar-refractivity contribution in [2.24, 2.45) is 34.0 Å². The maximum Gasteiger partial charge on any atom is 0.146 e. The maximum atomic E-state index is 11.4. The quantitative estimate of drug-likeness (QED) is 0.779. The third-order valence-electron chi connectivity index (χ3n) is 8.34. The molecule has 3 saturated carbocycles. The second-order valence-electron chi connectivity index (χ2n) is 9.29. The Hall–Kier alpha value is -0.630. The van der Waals surface area contributed by atoms with Crippen molar-refractivity contribution in [3.05, 3.63) is 11.6 Å². The second kappa shape index (κ2) is 4.69. The SMILES string of the molecule is C[C@@]1(CO)CCC[C@]2(C)[C@@H]1CC[C@@]13C=C(C=O)C(CC[C@H]12)C3. The summed E-state index contributed by atoms with van der Waals surface area (Å²) < 4.78 is 0. The van der Waals surface area contributed by atoms with Gasteiger partial charge in [-0.05, 0) is 84.5 Å². The molecule has 2 nitrogen and oxygen atoms in total. The molecule has 3 fully saturated rings. The molecule has 0 heterocycles. The molecule has 0 radical (unpaired) electrons. The Morgan fingerprint density at radius 1 is 1.18 bits per heavy atom. The van der Waals surface area contributed by atoms with Gasteiger partial charge in [-0.3, -0.25) is 4.79 Å². The fraction of sp³-hybridized carbons (Fsp3) is 0.850. The lowest BCUT2D eigenvalue weighted by Gasteiger charge is -2.64. The van der Waals surface area contributed by atoms with Crippen molar-refractivity contribution in [1.29, 1.82) is 0 Å². The lowest BCUT2D eigenvalue weighted by Crippen LogP contribution is -2.57. The van der Waals surface area contributed by atoms with E-state index >= 15 is 0 Å². The van der Waals surface area contributed by atoms with Crippen molar-refractivity contribution in [3.63, 3.8) is 0 Å². The molecule has 1 unspecified atom stereocenters. The van der Waals surface area contributed by atoms with Gasteiger partial charge in [-0.1, -0.05) is 26.3 Å². The topological polar surface area (TPSA) is 37.3 Å². The van der Waals surface area contributed by atoms with Crippen LogP contribution in [0, 0.1) is 34.0 Å². The molecule has 1 spiro atoms. The van der Waals surface area contributed by atoms with Crippen molar-refractivity contribution in [3.8, 4) is 0 Å². The molecule has 2 heteroatoms. The van der Waals surface area contributed by atoms with Gasteiger partial charge in [-0.2, -0.15) is 0 Å². The van der Waals surface area contributed by atoms with Crippen LogP contribution in [0.5, 0.6) is 0 Å². The molecule has 0 aromatic rings. The monoisotopic (exact) mass is 302 g/mol. The van der Waals surface area contributed by atoms with E-state index in [4.69, 9.17) is 0 Å². The van der Waals surface area contributed by atoms with E-state index < -0.39 is 0 Å². The van der Waals surface area contributed by atoms with Crippen LogP contribution in [0.2, 0.25) is 0 Å². The Kier molecular flexibility index (Phi) is 3.18. The highest BCUT2D eigenvalue weighted by Crippen LogP contribution is 2.70. The van der Waals surface area contributed by atoms with E-state index in [2.05, 4.69) is 19.9 Å².